The molecule has 1 unspecified atom stereocenters. The molecule has 14 aromatic rings. The molecule has 0 bridgehead atoms. The fraction of sp³-hybridized carbons (Fsp3) is 0.100. The molecule has 0 saturated heterocycles. The SMILES string of the molecule is CCCC(/N=C(\C(CC)=C(/C)c1cccc2oc3ccc(-c4cccc(-c5ccc6c(c5)c5ccccc5n6-c5ccccc5)c4)cc3c12)c1ccc2c(c1)oc1ccccc12)c1cccc2sc3ccccc3c12. The van der Waals surface area contributed by atoms with Gasteiger partial charge in [0.25, 0.3) is 0 Å². The number of rotatable bonds is 11. The van der Waals surface area contributed by atoms with Crippen molar-refractivity contribution in [1.29, 1.82) is 0 Å². The highest BCUT2D eigenvalue weighted by Gasteiger charge is 2.24. The number of thiophene rings is 1. The first kappa shape index (κ1) is 44.9. The molecule has 0 aliphatic heterocycles. The molecule has 75 heavy (non-hydrogen) atoms. The van der Waals surface area contributed by atoms with Gasteiger partial charge in [-0.3, -0.25) is 4.99 Å². The van der Waals surface area contributed by atoms with Gasteiger partial charge in [0, 0.05) is 63.7 Å². The van der Waals surface area contributed by atoms with Crippen molar-refractivity contribution >= 4 is 108 Å². The zero-order valence-corrected chi connectivity index (χ0v) is 42.9. The molecule has 0 fully saturated rings. The van der Waals surface area contributed by atoms with Gasteiger partial charge < -0.3 is 13.4 Å². The van der Waals surface area contributed by atoms with E-state index in [2.05, 4.69) is 238 Å². The summed E-state index contributed by atoms with van der Waals surface area (Å²) in [6.07, 6.45) is 2.68. The monoisotopic (exact) mass is 984 g/mol. The molecule has 1 atom stereocenters. The predicted molar refractivity (Wildman–Crippen MR) is 319 cm³/mol. The Bertz CT molecular complexity index is 4620. The Labute approximate surface area is 439 Å². The topological polar surface area (TPSA) is 43.6 Å². The number of hydrogen-bond donors (Lipinski definition) is 0. The highest BCUT2D eigenvalue weighted by molar-refractivity contribution is 7.25. The molecule has 0 spiro atoms. The molecule has 4 nitrogen and oxygen atoms in total. The minimum absolute atomic E-state index is 0.0760. The maximum Gasteiger partial charge on any atom is 0.136 e. The molecule has 0 saturated carbocycles. The maximum absolute atomic E-state index is 6.73. The minimum atomic E-state index is -0.0760. The Balaban J connectivity index is 0.911. The lowest BCUT2D eigenvalue weighted by atomic mass is 9.89. The first-order chi connectivity index (χ1) is 37.0. The van der Waals surface area contributed by atoms with E-state index < -0.39 is 0 Å². The smallest absolute Gasteiger partial charge is 0.136 e. The molecule has 0 aliphatic rings. The summed E-state index contributed by atoms with van der Waals surface area (Å²) in [6.45, 7) is 6.83. The summed E-state index contributed by atoms with van der Waals surface area (Å²) in [5.41, 5.74) is 18.5. The lowest BCUT2D eigenvalue weighted by Gasteiger charge is -2.20. The van der Waals surface area contributed by atoms with E-state index in [1.54, 1.807) is 0 Å². The summed E-state index contributed by atoms with van der Waals surface area (Å²) in [5.74, 6) is 0. The molecular weight excluding hydrogens is 933 g/mol. The Hall–Kier alpha value is -8.77. The number of furan rings is 2. The number of aliphatic imine (C=N–C) groups is 1. The van der Waals surface area contributed by atoms with Crippen LogP contribution in [0.1, 0.15) is 62.8 Å². The zero-order valence-electron chi connectivity index (χ0n) is 42.1. The second-order valence-electron chi connectivity index (χ2n) is 19.9. The normalized spacial score (nSPS) is 13.1. The largest absolute Gasteiger partial charge is 0.456 e. The standard InChI is InChI=1S/C70H52N2O2S/c1-4-18-59(55-27-17-32-67-69(55)56-25-11-14-31-66(56)75-67)71-70(48-33-36-54-53-24-10-13-29-62(53)74-65(54)42-48)50(5-2)43(3)51-26-16-30-64-68(51)58-41-47(35-38-63(58)73-64)45-20-15-19-44(39-45)46-34-37-61-57(40-46)52-23-9-12-28-60(52)72(61)49-21-7-6-8-22-49/h6-17,19-42,59H,4-5,18H2,1-3H3/b50-43+,71-70-. The second kappa shape index (κ2) is 18.3. The molecule has 14 rings (SSSR count). The lowest BCUT2D eigenvalue weighted by Crippen LogP contribution is -2.10. The molecule has 0 aliphatic carbocycles. The fourth-order valence-electron chi connectivity index (χ4n) is 12.0. The van der Waals surface area contributed by atoms with Crippen LogP contribution in [0.2, 0.25) is 0 Å². The van der Waals surface area contributed by atoms with E-state index in [-0.39, 0.29) is 6.04 Å². The van der Waals surface area contributed by atoms with E-state index in [0.717, 1.165) is 96.8 Å². The van der Waals surface area contributed by atoms with E-state index in [1.165, 1.54) is 69.8 Å². The number of hydrogen-bond acceptors (Lipinski definition) is 4. The summed E-state index contributed by atoms with van der Waals surface area (Å²) in [5, 5.41) is 9.53. The first-order valence-corrected chi connectivity index (χ1v) is 27.1. The van der Waals surface area contributed by atoms with Gasteiger partial charge in [-0.15, -0.1) is 11.3 Å². The number of para-hydroxylation sites is 3. The van der Waals surface area contributed by atoms with Crippen LogP contribution in [0.15, 0.2) is 238 Å². The van der Waals surface area contributed by atoms with Crippen molar-refractivity contribution in [1.82, 2.24) is 4.57 Å². The van der Waals surface area contributed by atoms with Crippen molar-refractivity contribution in [2.45, 2.75) is 46.1 Å². The average Bonchev–Trinajstić information content (AvgIpc) is 4.26. The Kier molecular flexibility index (Phi) is 11.0. The Morgan fingerprint density at radius 2 is 1.12 bits per heavy atom. The number of benzene rings is 10. The van der Waals surface area contributed by atoms with E-state index >= 15 is 0 Å². The fourth-order valence-corrected chi connectivity index (χ4v) is 13.1. The van der Waals surface area contributed by atoms with Crippen molar-refractivity contribution in [3.63, 3.8) is 0 Å². The molecule has 4 aromatic heterocycles. The third kappa shape index (κ3) is 7.52. The molecule has 0 radical (unpaired) electrons. The van der Waals surface area contributed by atoms with Crippen LogP contribution >= 0.6 is 11.3 Å². The summed E-state index contributed by atoms with van der Waals surface area (Å²) < 4.78 is 18.3. The van der Waals surface area contributed by atoms with Crippen LogP contribution in [0, 0.1) is 0 Å². The van der Waals surface area contributed by atoms with Crippen molar-refractivity contribution in [2.24, 2.45) is 4.99 Å². The van der Waals surface area contributed by atoms with Crippen molar-refractivity contribution < 1.29 is 8.83 Å². The summed E-state index contributed by atoms with van der Waals surface area (Å²) in [6, 6.07) is 79.0. The number of aromatic nitrogens is 1. The van der Waals surface area contributed by atoms with Crippen LogP contribution < -0.4 is 0 Å². The molecule has 4 heterocycles. The van der Waals surface area contributed by atoms with Crippen molar-refractivity contribution in [3.8, 4) is 27.9 Å². The van der Waals surface area contributed by atoms with Gasteiger partial charge in [-0.05, 0) is 149 Å². The van der Waals surface area contributed by atoms with E-state index in [4.69, 9.17) is 13.8 Å². The van der Waals surface area contributed by atoms with Crippen molar-refractivity contribution in [2.75, 3.05) is 0 Å². The predicted octanol–water partition coefficient (Wildman–Crippen LogP) is 20.5. The van der Waals surface area contributed by atoms with Crippen LogP contribution in [0.5, 0.6) is 0 Å². The van der Waals surface area contributed by atoms with Crippen molar-refractivity contribution in [3.05, 3.63) is 241 Å². The average molecular weight is 985 g/mol. The highest BCUT2D eigenvalue weighted by atomic mass is 32.1. The number of fused-ring (bicyclic) bond motifs is 12. The van der Waals surface area contributed by atoms with E-state index in [1.807, 2.05) is 17.4 Å². The van der Waals surface area contributed by atoms with Gasteiger partial charge in [0.2, 0.25) is 0 Å². The quantitative estimate of drug-likeness (QED) is 0.121. The van der Waals surface area contributed by atoms with E-state index in [0.29, 0.717) is 0 Å². The summed E-state index contributed by atoms with van der Waals surface area (Å²) in [7, 11) is 0. The van der Waals surface area contributed by atoms with Crippen LogP contribution in [0.3, 0.4) is 0 Å². The highest BCUT2D eigenvalue weighted by Crippen LogP contribution is 2.44. The van der Waals surface area contributed by atoms with Crippen LogP contribution in [-0.2, 0) is 0 Å². The first-order valence-electron chi connectivity index (χ1n) is 26.3. The van der Waals surface area contributed by atoms with Gasteiger partial charge >= 0.3 is 0 Å². The number of allylic oxidation sites excluding steroid dienone is 2. The number of nitrogens with zero attached hydrogens (tertiary/aromatic N) is 2. The van der Waals surface area contributed by atoms with Crippen LogP contribution in [0.25, 0.3) is 119 Å². The second-order valence-corrected chi connectivity index (χ2v) is 20.9. The lowest BCUT2D eigenvalue weighted by molar-refractivity contribution is 0.645. The van der Waals surface area contributed by atoms with Crippen LogP contribution in [-0.4, -0.2) is 10.3 Å². The zero-order chi connectivity index (χ0) is 50.1. The Morgan fingerprint density at radius 1 is 0.480 bits per heavy atom. The van der Waals surface area contributed by atoms with Gasteiger partial charge in [0.1, 0.15) is 22.3 Å². The van der Waals surface area contributed by atoms with Gasteiger partial charge in [-0.1, -0.05) is 154 Å². The van der Waals surface area contributed by atoms with E-state index in [9.17, 15) is 0 Å². The molecule has 0 N–H and O–H groups in total. The van der Waals surface area contributed by atoms with Gasteiger partial charge in [0.05, 0.1) is 22.8 Å². The summed E-state index contributed by atoms with van der Waals surface area (Å²) in [4.78, 5) is 5.98. The third-order valence-corrected chi connectivity index (χ3v) is 16.6. The molecule has 5 heteroatoms. The minimum Gasteiger partial charge on any atom is -0.456 e. The molecule has 10 aromatic carbocycles. The molecule has 360 valence electrons. The maximum atomic E-state index is 6.73. The van der Waals surface area contributed by atoms with Crippen LogP contribution in [0.4, 0.5) is 0 Å². The molecular formula is C70H52N2O2S. The van der Waals surface area contributed by atoms with Gasteiger partial charge in [-0.2, -0.15) is 0 Å². The summed E-state index contributed by atoms with van der Waals surface area (Å²) >= 11 is 1.87. The third-order valence-electron chi connectivity index (χ3n) is 15.5. The van der Waals surface area contributed by atoms with Gasteiger partial charge in [-0.25, -0.2) is 0 Å². The molecule has 0 amide bonds. The Morgan fingerprint density at radius 3 is 1.96 bits per heavy atom. The van der Waals surface area contributed by atoms with Gasteiger partial charge in [0.15, 0.2) is 0 Å².